The molecule has 0 spiro atoms. The molecule has 0 aromatic heterocycles. The molecule has 2 N–H and O–H groups in total. The number of nitrogens with one attached hydrogen (secondary N) is 2. The maximum atomic E-state index is 11.7. The number of alkyl carbamates (subject to hydrolysis) is 1. The third-order valence-corrected chi connectivity index (χ3v) is 2.50. The smallest absolute Gasteiger partial charge is 0.407 e. The highest BCUT2D eigenvalue weighted by molar-refractivity contribution is 5.68. The molecule has 0 aromatic rings. The number of carbonyl (C=O) groups excluding carboxylic acids is 1. The molecule has 0 rings (SSSR count). The zero-order valence-corrected chi connectivity index (χ0v) is 13.2. The third-order valence-electron chi connectivity index (χ3n) is 2.50. The van der Waals surface area contributed by atoms with Crippen molar-refractivity contribution in [3.8, 4) is 0 Å². The summed E-state index contributed by atoms with van der Waals surface area (Å²) in [5.74, 6) is 0. The van der Waals surface area contributed by atoms with Crippen LogP contribution in [-0.4, -0.2) is 43.5 Å². The number of hydrogen-bond acceptors (Lipinski definition) is 4. The van der Waals surface area contributed by atoms with E-state index in [9.17, 15) is 4.79 Å². The molecule has 114 valence electrons. The molecule has 0 aliphatic carbocycles. The van der Waals surface area contributed by atoms with Gasteiger partial charge in [0, 0.05) is 25.2 Å². The predicted molar refractivity (Wildman–Crippen MR) is 77.4 cm³/mol. The molecule has 0 fully saturated rings. The van der Waals surface area contributed by atoms with E-state index in [1.54, 1.807) is 0 Å². The Morgan fingerprint density at radius 2 is 1.89 bits per heavy atom. The highest BCUT2D eigenvalue weighted by Gasteiger charge is 2.18. The molecule has 5 heteroatoms. The van der Waals surface area contributed by atoms with Gasteiger partial charge in [-0.15, -0.1) is 0 Å². The van der Waals surface area contributed by atoms with Crippen LogP contribution in [0.4, 0.5) is 4.79 Å². The van der Waals surface area contributed by atoms with E-state index in [1.807, 2.05) is 34.6 Å². The zero-order valence-electron chi connectivity index (χ0n) is 13.2. The summed E-state index contributed by atoms with van der Waals surface area (Å²) in [7, 11) is 0. The van der Waals surface area contributed by atoms with Crippen LogP contribution in [0.1, 0.15) is 48.0 Å². The van der Waals surface area contributed by atoms with Crippen molar-refractivity contribution in [2.24, 2.45) is 0 Å². The molecule has 19 heavy (non-hydrogen) atoms. The van der Waals surface area contributed by atoms with E-state index in [4.69, 9.17) is 9.47 Å². The Morgan fingerprint density at radius 3 is 2.37 bits per heavy atom. The van der Waals surface area contributed by atoms with Crippen LogP contribution in [0, 0.1) is 0 Å². The molecule has 2 unspecified atom stereocenters. The minimum atomic E-state index is -0.460. The lowest BCUT2D eigenvalue weighted by molar-refractivity contribution is 0.0500. The number of hydrogen-bond donors (Lipinski definition) is 2. The molecular formula is C14H30N2O3. The van der Waals surface area contributed by atoms with Crippen molar-refractivity contribution in [3.63, 3.8) is 0 Å². The molecule has 0 aliphatic heterocycles. The van der Waals surface area contributed by atoms with Gasteiger partial charge in [0.25, 0.3) is 0 Å². The van der Waals surface area contributed by atoms with Gasteiger partial charge >= 0.3 is 6.09 Å². The Labute approximate surface area is 117 Å². The molecule has 0 aliphatic rings. The first kappa shape index (κ1) is 18.2. The second-order valence-corrected chi connectivity index (χ2v) is 5.72. The first-order valence-corrected chi connectivity index (χ1v) is 7.09. The van der Waals surface area contributed by atoms with Crippen LogP contribution in [-0.2, 0) is 9.47 Å². The average molecular weight is 274 g/mol. The molecule has 0 radical (unpaired) electrons. The molecule has 0 saturated heterocycles. The maximum absolute atomic E-state index is 11.7. The van der Waals surface area contributed by atoms with Crippen LogP contribution >= 0.6 is 0 Å². The zero-order chi connectivity index (χ0) is 14.9. The van der Waals surface area contributed by atoms with Gasteiger partial charge in [-0.1, -0.05) is 6.92 Å². The summed E-state index contributed by atoms with van der Waals surface area (Å²) in [6, 6.07) is 0.341. The Morgan fingerprint density at radius 1 is 1.26 bits per heavy atom. The van der Waals surface area contributed by atoms with Gasteiger partial charge in [-0.05, 0) is 41.0 Å². The predicted octanol–water partition coefficient (Wildman–Crippen LogP) is 2.30. The lowest BCUT2D eigenvalue weighted by atomic mass is 10.2. The first-order valence-electron chi connectivity index (χ1n) is 7.09. The maximum Gasteiger partial charge on any atom is 0.407 e. The van der Waals surface area contributed by atoms with Crippen molar-refractivity contribution in [2.75, 3.05) is 19.8 Å². The van der Waals surface area contributed by atoms with Gasteiger partial charge in [-0.3, -0.25) is 0 Å². The van der Waals surface area contributed by atoms with E-state index in [1.165, 1.54) is 0 Å². The molecule has 0 saturated carbocycles. The van der Waals surface area contributed by atoms with Crippen molar-refractivity contribution in [1.29, 1.82) is 0 Å². The molecule has 1 amide bonds. The SMILES string of the molecule is CCOCC(C)NCC(CC)NC(=O)OC(C)(C)C. The highest BCUT2D eigenvalue weighted by atomic mass is 16.6. The van der Waals surface area contributed by atoms with Crippen LogP contribution < -0.4 is 10.6 Å². The Balaban J connectivity index is 3.97. The van der Waals surface area contributed by atoms with Gasteiger partial charge in [0.2, 0.25) is 0 Å². The first-order chi connectivity index (χ1) is 8.78. The van der Waals surface area contributed by atoms with Crippen molar-refractivity contribution < 1.29 is 14.3 Å². The standard InChI is InChI=1S/C14H30N2O3/c1-7-12(9-15-11(3)10-18-8-2)16-13(17)19-14(4,5)6/h11-12,15H,7-10H2,1-6H3,(H,16,17). The number of ether oxygens (including phenoxy) is 2. The van der Waals surface area contributed by atoms with Gasteiger partial charge in [0.15, 0.2) is 0 Å². The monoisotopic (exact) mass is 274 g/mol. The van der Waals surface area contributed by atoms with Gasteiger partial charge in [-0.2, -0.15) is 0 Å². The Bertz CT molecular complexity index is 252. The number of amides is 1. The molecule has 0 aromatic carbocycles. The Hall–Kier alpha value is -0.810. The molecule has 2 atom stereocenters. The van der Waals surface area contributed by atoms with Crippen LogP contribution in [0.3, 0.4) is 0 Å². The van der Waals surface area contributed by atoms with Crippen molar-refractivity contribution in [1.82, 2.24) is 10.6 Å². The van der Waals surface area contributed by atoms with Crippen LogP contribution in [0.5, 0.6) is 0 Å². The molecule has 0 heterocycles. The second-order valence-electron chi connectivity index (χ2n) is 5.72. The van der Waals surface area contributed by atoms with E-state index in [0.717, 1.165) is 13.0 Å². The summed E-state index contributed by atoms with van der Waals surface area (Å²) in [6.07, 6.45) is 0.492. The van der Waals surface area contributed by atoms with Gasteiger partial charge in [-0.25, -0.2) is 4.79 Å². The third kappa shape index (κ3) is 10.8. The fourth-order valence-electron chi connectivity index (χ4n) is 1.47. The summed E-state index contributed by atoms with van der Waals surface area (Å²) in [5, 5.41) is 6.21. The number of rotatable bonds is 8. The summed E-state index contributed by atoms with van der Waals surface area (Å²) < 4.78 is 10.6. The normalized spacial score (nSPS) is 14.8. The average Bonchev–Trinajstić information content (AvgIpc) is 2.29. The van der Waals surface area contributed by atoms with E-state index < -0.39 is 5.60 Å². The fourth-order valence-corrected chi connectivity index (χ4v) is 1.47. The van der Waals surface area contributed by atoms with E-state index in [0.29, 0.717) is 13.2 Å². The van der Waals surface area contributed by atoms with Crippen molar-refractivity contribution >= 4 is 6.09 Å². The summed E-state index contributed by atoms with van der Waals surface area (Å²) in [6.45, 7) is 13.8. The minimum absolute atomic E-state index is 0.0685. The minimum Gasteiger partial charge on any atom is -0.444 e. The lowest BCUT2D eigenvalue weighted by Gasteiger charge is -2.24. The quantitative estimate of drug-likeness (QED) is 0.713. The van der Waals surface area contributed by atoms with E-state index in [-0.39, 0.29) is 18.2 Å². The lowest BCUT2D eigenvalue weighted by Crippen LogP contribution is -2.46. The molecule has 5 nitrogen and oxygen atoms in total. The van der Waals surface area contributed by atoms with Crippen LogP contribution in [0.25, 0.3) is 0 Å². The number of carbonyl (C=O) groups is 1. The summed E-state index contributed by atoms with van der Waals surface area (Å²) >= 11 is 0. The second kappa shape index (κ2) is 9.15. The summed E-state index contributed by atoms with van der Waals surface area (Å²) in [5.41, 5.74) is -0.460. The molecular weight excluding hydrogens is 244 g/mol. The van der Waals surface area contributed by atoms with Gasteiger partial charge in [0.05, 0.1) is 6.61 Å². The van der Waals surface area contributed by atoms with E-state index >= 15 is 0 Å². The Kier molecular flexibility index (Phi) is 8.76. The van der Waals surface area contributed by atoms with Crippen LogP contribution in [0.2, 0.25) is 0 Å². The van der Waals surface area contributed by atoms with Crippen molar-refractivity contribution in [3.05, 3.63) is 0 Å². The van der Waals surface area contributed by atoms with Crippen molar-refractivity contribution in [2.45, 2.75) is 65.6 Å². The van der Waals surface area contributed by atoms with E-state index in [2.05, 4.69) is 17.6 Å². The van der Waals surface area contributed by atoms with Crippen LogP contribution in [0.15, 0.2) is 0 Å². The highest BCUT2D eigenvalue weighted by Crippen LogP contribution is 2.07. The fraction of sp³-hybridized carbons (Fsp3) is 0.929. The topological polar surface area (TPSA) is 59.6 Å². The summed E-state index contributed by atoms with van der Waals surface area (Å²) in [4.78, 5) is 11.7. The van der Waals surface area contributed by atoms with Gasteiger partial charge in [0.1, 0.15) is 5.60 Å². The van der Waals surface area contributed by atoms with Gasteiger partial charge < -0.3 is 20.1 Å². The molecule has 0 bridgehead atoms. The largest absolute Gasteiger partial charge is 0.444 e.